The summed E-state index contributed by atoms with van der Waals surface area (Å²) in [5, 5.41) is 6.72. The highest BCUT2D eigenvalue weighted by Gasteiger charge is 2.27. The summed E-state index contributed by atoms with van der Waals surface area (Å²) in [7, 11) is 0. The number of halogens is 3. The molecule has 0 amide bonds. The molecule has 0 unspecified atom stereocenters. The van der Waals surface area contributed by atoms with Crippen molar-refractivity contribution in [2.75, 3.05) is 26.3 Å². The molecule has 2 aliphatic rings. The van der Waals surface area contributed by atoms with Crippen molar-refractivity contribution in [3.63, 3.8) is 0 Å². The largest absolute Gasteiger partial charge is 0.378 e. The summed E-state index contributed by atoms with van der Waals surface area (Å²) in [6.45, 7) is 3.07. The number of rotatable bonds is 2. The summed E-state index contributed by atoms with van der Waals surface area (Å²) >= 11 is 0. The molecule has 2 fully saturated rings. The molecule has 2 N–H and O–H groups in total. The zero-order valence-corrected chi connectivity index (χ0v) is 10.9. The first-order valence-electron chi connectivity index (χ1n) is 5.55. The van der Waals surface area contributed by atoms with Crippen molar-refractivity contribution in [3.8, 4) is 0 Å². The first-order chi connectivity index (χ1) is 6.86. The van der Waals surface area contributed by atoms with Crippen LogP contribution in [-0.4, -0.2) is 44.6 Å². The molecule has 2 rings (SSSR count). The summed E-state index contributed by atoms with van der Waals surface area (Å²) < 4.78 is 18.5. The second kappa shape index (κ2) is 8.48. The van der Waals surface area contributed by atoms with Crippen LogP contribution in [0.1, 0.15) is 19.3 Å². The van der Waals surface area contributed by atoms with Crippen molar-refractivity contribution < 1.29 is 9.13 Å². The Labute approximate surface area is 109 Å². The van der Waals surface area contributed by atoms with Gasteiger partial charge in [-0.05, 0) is 32.4 Å². The third-order valence-corrected chi connectivity index (χ3v) is 3.08. The van der Waals surface area contributed by atoms with E-state index in [4.69, 9.17) is 4.74 Å². The maximum atomic E-state index is 13.4. The summed E-state index contributed by atoms with van der Waals surface area (Å²) in [6, 6.07) is 0.518. The van der Waals surface area contributed by atoms with Gasteiger partial charge in [0.15, 0.2) is 0 Å². The second-order valence-electron chi connectivity index (χ2n) is 4.18. The zero-order chi connectivity index (χ0) is 9.80. The fraction of sp³-hybridized carbons (Fsp3) is 1.00. The topological polar surface area (TPSA) is 33.3 Å². The van der Waals surface area contributed by atoms with Crippen LogP contribution in [0.3, 0.4) is 0 Å². The molecule has 2 heterocycles. The van der Waals surface area contributed by atoms with Gasteiger partial charge in [-0.3, -0.25) is 0 Å². The van der Waals surface area contributed by atoms with Gasteiger partial charge >= 0.3 is 0 Å². The molecule has 0 aromatic heterocycles. The Morgan fingerprint density at radius 2 is 1.81 bits per heavy atom. The maximum Gasteiger partial charge on any atom is 0.139 e. The van der Waals surface area contributed by atoms with E-state index in [2.05, 4.69) is 10.6 Å². The van der Waals surface area contributed by atoms with Crippen LogP contribution in [0.5, 0.6) is 0 Å². The Bertz CT molecular complexity index is 182. The van der Waals surface area contributed by atoms with Crippen molar-refractivity contribution in [3.05, 3.63) is 0 Å². The Hall–Kier alpha value is 0.390. The highest BCUT2D eigenvalue weighted by Crippen LogP contribution is 2.14. The highest BCUT2D eigenvalue weighted by atomic mass is 35.5. The maximum absolute atomic E-state index is 13.4. The molecular formula is C10H21Cl2FN2O. The van der Waals surface area contributed by atoms with Crippen LogP contribution >= 0.6 is 24.8 Å². The lowest BCUT2D eigenvalue weighted by molar-refractivity contribution is 0.00990. The monoisotopic (exact) mass is 274 g/mol. The minimum absolute atomic E-state index is 0. The van der Waals surface area contributed by atoms with Crippen molar-refractivity contribution in [2.45, 2.75) is 37.5 Å². The van der Waals surface area contributed by atoms with Crippen molar-refractivity contribution >= 4 is 24.8 Å². The number of ether oxygens (including phenoxy) is 1. The van der Waals surface area contributed by atoms with Gasteiger partial charge in [-0.25, -0.2) is 4.39 Å². The fourth-order valence-corrected chi connectivity index (χ4v) is 2.18. The third-order valence-electron chi connectivity index (χ3n) is 3.08. The molecule has 2 atom stereocenters. The minimum Gasteiger partial charge on any atom is -0.378 e. The standard InChI is InChI=1S/C10H19FN2O.2ClH/c11-9-7-14-6-3-10(9)13-8-1-4-12-5-2-8;;/h8-10,12-13H,1-7H2;2*1H/t9-,10+;;/m1../s1. The average Bonchev–Trinajstić information content (AvgIpc) is 2.23. The first kappa shape index (κ1) is 16.4. The van der Waals surface area contributed by atoms with Crippen LogP contribution in [0.4, 0.5) is 4.39 Å². The third kappa shape index (κ3) is 4.72. The second-order valence-corrected chi connectivity index (χ2v) is 4.18. The molecule has 3 nitrogen and oxygen atoms in total. The van der Waals surface area contributed by atoms with E-state index in [1.807, 2.05) is 0 Å². The normalized spacial score (nSPS) is 31.3. The van der Waals surface area contributed by atoms with E-state index in [-0.39, 0.29) is 37.5 Å². The van der Waals surface area contributed by atoms with Crippen molar-refractivity contribution in [2.24, 2.45) is 0 Å². The molecule has 16 heavy (non-hydrogen) atoms. The molecule has 2 saturated heterocycles. The zero-order valence-electron chi connectivity index (χ0n) is 9.28. The lowest BCUT2D eigenvalue weighted by Gasteiger charge is -2.33. The molecular weight excluding hydrogens is 254 g/mol. The molecule has 0 aromatic rings. The van der Waals surface area contributed by atoms with E-state index in [1.165, 1.54) is 0 Å². The molecule has 0 aromatic carbocycles. The van der Waals surface area contributed by atoms with E-state index in [9.17, 15) is 4.39 Å². The van der Waals surface area contributed by atoms with Gasteiger partial charge in [0.25, 0.3) is 0 Å². The van der Waals surface area contributed by atoms with Gasteiger partial charge in [-0.1, -0.05) is 0 Å². The van der Waals surface area contributed by atoms with Crippen LogP contribution in [0.2, 0.25) is 0 Å². The molecule has 0 aliphatic carbocycles. The Kier molecular flexibility index (Phi) is 8.68. The predicted octanol–water partition coefficient (Wildman–Crippen LogP) is 1.30. The number of alkyl halides is 1. The quantitative estimate of drug-likeness (QED) is 0.797. The predicted molar refractivity (Wildman–Crippen MR) is 67.6 cm³/mol. The summed E-state index contributed by atoms with van der Waals surface area (Å²) in [5.41, 5.74) is 0. The smallest absolute Gasteiger partial charge is 0.139 e. The van der Waals surface area contributed by atoms with Crippen molar-refractivity contribution in [1.29, 1.82) is 0 Å². The van der Waals surface area contributed by atoms with Gasteiger partial charge < -0.3 is 15.4 Å². The van der Waals surface area contributed by atoms with Crippen LogP contribution < -0.4 is 10.6 Å². The van der Waals surface area contributed by atoms with E-state index < -0.39 is 6.17 Å². The molecule has 0 saturated carbocycles. The van der Waals surface area contributed by atoms with Gasteiger partial charge in [0.05, 0.1) is 6.61 Å². The van der Waals surface area contributed by atoms with Gasteiger partial charge in [0.1, 0.15) is 6.17 Å². The average molecular weight is 275 g/mol. The van der Waals surface area contributed by atoms with E-state index in [1.54, 1.807) is 0 Å². The first-order valence-corrected chi connectivity index (χ1v) is 5.55. The summed E-state index contributed by atoms with van der Waals surface area (Å²) in [5.74, 6) is 0. The Balaban J connectivity index is 0.00000112. The van der Waals surface area contributed by atoms with E-state index in [0.29, 0.717) is 12.6 Å². The molecule has 0 bridgehead atoms. The van der Waals surface area contributed by atoms with Gasteiger partial charge in [0.2, 0.25) is 0 Å². The van der Waals surface area contributed by atoms with Crippen LogP contribution in [0.25, 0.3) is 0 Å². The lowest BCUT2D eigenvalue weighted by Crippen LogP contribution is -2.51. The van der Waals surface area contributed by atoms with Crippen molar-refractivity contribution in [1.82, 2.24) is 10.6 Å². The van der Waals surface area contributed by atoms with Crippen LogP contribution in [-0.2, 0) is 4.74 Å². The minimum atomic E-state index is -0.821. The molecule has 2 aliphatic heterocycles. The van der Waals surface area contributed by atoms with Crippen LogP contribution in [0.15, 0.2) is 0 Å². The number of nitrogens with one attached hydrogen (secondary N) is 2. The summed E-state index contributed by atoms with van der Waals surface area (Å²) in [6.07, 6.45) is 2.22. The van der Waals surface area contributed by atoms with E-state index >= 15 is 0 Å². The van der Waals surface area contributed by atoms with E-state index in [0.717, 1.165) is 32.4 Å². The molecule has 6 heteroatoms. The van der Waals surface area contributed by atoms with Gasteiger partial charge in [0, 0.05) is 18.7 Å². The Morgan fingerprint density at radius 1 is 1.12 bits per heavy atom. The molecule has 0 radical (unpaired) electrons. The van der Waals surface area contributed by atoms with Gasteiger partial charge in [-0.15, -0.1) is 24.8 Å². The number of hydrogen-bond acceptors (Lipinski definition) is 3. The van der Waals surface area contributed by atoms with Crippen LogP contribution in [0, 0.1) is 0 Å². The fourth-order valence-electron chi connectivity index (χ4n) is 2.18. The molecule has 98 valence electrons. The Morgan fingerprint density at radius 3 is 2.44 bits per heavy atom. The number of piperidine rings is 1. The highest BCUT2D eigenvalue weighted by molar-refractivity contribution is 5.85. The lowest BCUT2D eigenvalue weighted by atomic mass is 10.0. The molecule has 0 spiro atoms. The SMILES string of the molecule is Cl.Cl.F[C@@H]1COCC[C@@H]1NC1CCNCC1. The number of hydrogen-bond donors (Lipinski definition) is 2. The summed E-state index contributed by atoms with van der Waals surface area (Å²) in [4.78, 5) is 0. The van der Waals surface area contributed by atoms with Gasteiger partial charge in [-0.2, -0.15) is 0 Å².